The van der Waals surface area contributed by atoms with Crippen molar-refractivity contribution < 1.29 is 22.3 Å². The van der Waals surface area contributed by atoms with Crippen LogP contribution in [0.5, 0.6) is 5.75 Å². The average molecular weight is 346 g/mol. The van der Waals surface area contributed by atoms with Crippen LogP contribution in [0.2, 0.25) is 0 Å². The minimum absolute atomic E-state index is 0.0730. The Morgan fingerprint density at radius 1 is 1.44 bits per heavy atom. The van der Waals surface area contributed by atoms with Gasteiger partial charge in [0.2, 0.25) is 0 Å². The molecule has 0 radical (unpaired) electrons. The molecule has 0 spiro atoms. The van der Waals surface area contributed by atoms with Crippen LogP contribution in [-0.4, -0.2) is 17.3 Å². The molecule has 1 rings (SSSR count). The van der Waals surface area contributed by atoms with E-state index < -0.39 is 23.8 Å². The highest BCUT2D eigenvalue weighted by atomic mass is 79.9. The first-order chi connectivity index (χ1) is 8.14. The van der Waals surface area contributed by atoms with Gasteiger partial charge in [-0.3, -0.25) is 0 Å². The molecule has 100 valence electrons. The Balaban J connectivity index is 3.07. The van der Waals surface area contributed by atoms with Gasteiger partial charge in [-0.15, -0.1) is 0 Å². The fraction of sp³-hybridized carbons (Fsp3) is 0.300. The Kier molecular flexibility index (Phi) is 4.55. The van der Waals surface area contributed by atoms with Crippen molar-refractivity contribution in [3.8, 4) is 5.75 Å². The van der Waals surface area contributed by atoms with Crippen LogP contribution in [0.15, 0.2) is 16.6 Å². The fourth-order valence-electron chi connectivity index (χ4n) is 1.07. The van der Waals surface area contributed by atoms with Crippen LogP contribution in [0.4, 0.5) is 17.6 Å². The van der Waals surface area contributed by atoms with Crippen LogP contribution in [0.1, 0.15) is 12.5 Å². The molecule has 0 aliphatic rings. The SMILES string of the molecule is CC(Oc1ccc(C(N)=S)c(Br)c1F)C(F)(F)F. The van der Waals surface area contributed by atoms with E-state index in [1.807, 2.05) is 0 Å². The third-order valence-corrected chi connectivity index (χ3v) is 3.07. The maximum absolute atomic E-state index is 13.7. The lowest BCUT2D eigenvalue weighted by molar-refractivity contribution is -0.189. The number of benzene rings is 1. The topological polar surface area (TPSA) is 35.2 Å². The summed E-state index contributed by atoms with van der Waals surface area (Å²) >= 11 is 7.53. The minimum Gasteiger partial charge on any atom is -0.478 e. The number of hydrogen-bond acceptors (Lipinski definition) is 2. The predicted octanol–water partition coefficient (Wildman–Crippen LogP) is 3.55. The zero-order valence-electron chi connectivity index (χ0n) is 9.02. The molecule has 0 bridgehead atoms. The van der Waals surface area contributed by atoms with Gasteiger partial charge in [0.1, 0.15) is 4.99 Å². The summed E-state index contributed by atoms with van der Waals surface area (Å²) in [6.45, 7) is 0.787. The molecule has 0 aromatic heterocycles. The molecule has 1 aromatic rings. The highest BCUT2D eigenvalue weighted by molar-refractivity contribution is 9.10. The highest BCUT2D eigenvalue weighted by Gasteiger charge is 2.38. The summed E-state index contributed by atoms with van der Waals surface area (Å²) < 4.78 is 54.9. The van der Waals surface area contributed by atoms with Gasteiger partial charge in [0.15, 0.2) is 17.7 Å². The van der Waals surface area contributed by atoms with Gasteiger partial charge in [0, 0.05) is 5.56 Å². The zero-order chi connectivity index (χ0) is 14.1. The van der Waals surface area contributed by atoms with Gasteiger partial charge in [-0.2, -0.15) is 13.2 Å². The third-order valence-electron chi connectivity index (χ3n) is 2.08. The Bertz CT molecular complexity index is 478. The molecule has 0 fully saturated rings. The highest BCUT2D eigenvalue weighted by Crippen LogP contribution is 2.31. The summed E-state index contributed by atoms with van der Waals surface area (Å²) in [5.41, 5.74) is 5.51. The van der Waals surface area contributed by atoms with Crippen LogP contribution in [0.3, 0.4) is 0 Å². The van der Waals surface area contributed by atoms with E-state index in [4.69, 9.17) is 5.73 Å². The summed E-state index contributed by atoms with van der Waals surface area (Å²) in [4.78, 5) is -0.0730. The Labute approximate surface area is 114 Å². The third kappa shape index (κ3) is 3.32. The number of nitrogens with two attached hydrogens (primary N) is 1. The summed E-state index contributed by atoms with van der Waals surface area (Å²) in [6.07, 6.45) is -6.68. The molecule has 0 heterocycles. The van der Waals surface area contributed by atoms with E-state index in [-0.39, 0.29) is 15.0 Å². The van der Waals surface area contributed by atoms with Crippen molar-refractivity contribution >= 4 is 33.1 Å². The molecule has 8 heteroatoms. The standard InChI is InChI=1S/C10H8BrF4NOS/c1-4(10(13,14)15)17-6-3-2-5(9(16)18)7(11)8(6)12/h2-4H,1H3,(H2,16,18). The summed E-state index contributed by atoms with van der Waals surface area (Å²) in [7, 11) is 0. The number of rotatable bonds is 3. The molecule has 2 nitrogen and oxygen atoms in total. The number of alkyl halides is 3. The van der Waals surface area contributed by atoms with E-state index in [9.17, 15) is 17.6 Å². The van der Waals surface area contributed by atoms with E-state index in [0.717, 1.165) is 13.0 Å². The number of thiocarbonyl (C=S) groups is 1. The fourth-order valence-corrected chi connectivity index (χ4v) is 1.91. The van der Waals surface area contributed by atoms with Gasteiger partial charge in [0.25, 0.3) is 0 Å². The molecule has 1 atom stereocenters. The Morgan fingerprint density at radius 2 is 2.00 bits per heavy atom. The molecule has 2 N–H and O–H groups in total. The molecule has 0 aliphatic carbocycles. The average Bonchev–Trinajstić information content (AvgIpc) is 2.22. The van der Waals surface area contributed by atoms with Crippen molar-refractivity contribution in [2.75, 3.05) is 0 Å². The van der Waals surface area contributed by atoms with Crippen molar-refractivity contribution in [1.82, 2.24) is 0 Å². The van der Waals surface area contributed by atoms with E-state index in [0.29, 0.717) is 0 Å². The maximum atomic E-state index is 13.7. The molecule has 18 heavy (non-hydrogen) atoms. The normalized spacial score (nSPS) is 13.2. The summed E-state index contributed by atoms with van der Waals surface area (Å²) in [5, 5.41) is 0. The van der Waals surface area contributed by atoms with E-state index >= 15 is 0 Å². The van der Waals surface area contributed by atoms with Gasteiger partial charge in [-0.05, 0) is 35.0 Å². The molecule has 0 aliphatic heterocycles. The molecule has 0 saturated carbocycles. The second-order valence-corrected chi connectivity index (χ2v) is 4.64. The van der Waals surface area contributed by atoms with Gasteiger partial charge < -0.3 is 10.5 Å². The van der Waals surface area contributed by atoms with Crippen molar-refractivity contribution in [3.05, 3.63) is 28.0 Å². The molecule has 0 amide bonds. The van der Waals surface area contributed by atoms with Crippen LogP contribution in [-0.2, 0) is 0 Å². The molecular weight excluding hydrogens is 338 g/mol. The monoisotopic (exact) mass is 345 g/mol. The maximum Gasteiger partial charge on any atom is 0.425 e. The van der Waals surface area contributed by atoms with E-state index in [1.165, 1.54) is 6.07 Å². The van der Waals surface area contributed by atoms with Gasteiger partial charge >= 0.3 is 6.18 Å². The van der Waals surface area contributed by atoms with E-state index in [2.05, 4.69) is 32.9 Å². The molecule has 0 saturated heterocycles. The summed E-state index contributed by atoms with van der Waals surface area (Å²) in [5.74, 6) is -1.50. The van der Waals surface area contributed by atoms with Crippen molar-refractivity contribution in [2.24, 2.45) is 5.73 Å². The Hall–Kier alpha value is -0.890. The number of halogens is 5. The lowest BCUT2D eigenvalue weighted by Gasteiger charge is -2.18. The number of hydrogen-bond donors (Lipinski definition) is 1. The second-order valence-electron chi connectivity index (χ2n) is 3.41. The van der Waals surface area contributed by atoms with Gasteiger partial charge in [-0.1, -0.05) is 12.2 Å². The van der Waals surface area contributed by atoms with Crippen molar-refractivity contribution in [1.29, 1.82) is 0 Å². The largest absolute Gasteiger partial charge is 0.478 e. The van der Waals surface area contributed by atoms with Gasteiger partial charge in [0.05, 0.1) is 4.47 Å². The van der Waals surface area contributed by atoms with Crippen LogP contribution >= 0.6 is 28.1 Å². The lowest BCUT2D eigenvalue weighted by Crippen LogP contribution is -2.31. The first kappa shape index (κ1) is 15.2. The van der Waals surface area contributed by atoms with E-state index in [1.54, 1.807) is 0 Å². The second kappa shape index (κ2) is 5.40. The van der Waals surface area contributed by atoms with Crippen LogP contribution in [0, 0.1) is 5.82 Å². The molecular formula is C10H8BrF4NOS. The molecule has 1 aromatic carbocycles. The quantitative estimate of drug-likeness (QED) is 0.672. The number of ether oxygens (including phenoxy) is 1. The Morgan fingerprint density at radius 3 is 2.44 bits per heavy atom. The molecule has 1 unspecified atom stereocenters. The first-order valence-corrected chi connectivity index (χ1v) is 5.86. The zero-order valence-corrected chi connectivity index (χ0v) is 11.4. The minimum atomic E-state index is -4.57. The van der Waals surface area contributed by atoms with Gasteiger partial charge in [-0.25, -0.2) is 4.39 Å². The smallest absolute Gasteiger partial charge is 0.425 e. The van der Waals surface area contributed by atoms with Crippen LogP contribution < -0.4 is 10.5 Å². The summed E-state index contributed by atoms with van der Waals surface area (Å²) in [6, 6.07) is 2.34. The first-order valence-electron chi connectivity index (χ1n) is 4.65. The predicted molar refractivity (Wildman–Crippen MR) is 66.1 cm³/mol. The van der Waals surface area contributed by atoms with Crippen molar-refractivity contribution in [3.63, 3.8) is 0 Å². The lowest BCUT2D eigenvalue weighted by atomic mass is 10.2. The van der Waals surface area contributed by atoms with Crippen LogP contribution in [0.25, 0.3) is 0 Å². The van der Waals surface area contributed by atoms with Crippen molar-refractivity contribution in [2.45, 2.75) is 19.2 Å².